The number of nitrogens with zero attached hydrogens (tertiary/aromatic N) is 1. The van der Waals surface area contributed by atoms with E-state index in [0.29, 0.717) is 16.5 Å². The molecule has 1 aromatic heterocycles. The summed E-state index contributed by atoms with van der Waals surface area (Å²) in [5.74, 6) is 0.312. The molecule has 5 heteroatoms. The molecule has 1 saturated heterocycles. The van der Waals surface area contributed by atoms with Crippen molar-refractivity contribution in [3.63, 3.8) is 0 Å². The van der Waals surface area contributed by atoms with Crippen LogP contribution >= 0.6 is 15.9 Å². The summed E-state index contributed by atoms with van der Waals surface area (Å²) in [5.41, 5.74) is 0. The van der Waals surface area contributed by atoms with Gasteiger partial charge in [0.25, 0.3) is 5.91 Å². The fourth-order valence-corrected chi connectivity index (χ4v) is 2.25. The number of furan rings is 1. The molecule has 1 atom stereocenters. The molecule has 16 heavy (non-hydrogen) atoms. The number of carbonyl (C=O) groups is 1. The van der Waals surface area contributed by atoms with E-state index in [2.05, 4.69) is 21.2 Å². The summed E-state index contributed by atoms with van der Waals surface area (Å²) in [6.07, 6.45) is 2.33. The fraction of sp³-hybridized carbons (Fsp3) is 0.545. The standard InChI is InChI=1S/C11H15BrN2O2/c1-14(7-8-3-2-6-13-8)11(15)9-4-5-10(12)16-9/h4-5,8,13H,2-3,6-7H2,1H3. The molecule has 2 heterocycles. The van der Waals surface area contributed by atoms with Crippen molar-refractivity contribution >= 4 is 21.8 Å². The second kappa shape index (κ2) is 5.01. The Kier molecular flexibility index (Phi) is 3.66. The van der Waals surface area contributed by atoms with Crippen LogP contribution < -0.4 is 5.32 Å². The summed E-state index contributed by atoms with van der Waals surface area (Å²) in [4.78, 5) is 13.6. The number of amides is 1. The molecule has 1 N–H and O–H groups in total. The first-order valence-electron chi connectivity index (χ1n) is 5.41. The largest absolute Gasteiger partial charge is 0.444 e. The highest BCUT2D eigenvalue weighted by Gasteiger charge is 2.21. The zero-order chi connectivity index (χ0) is 11.5. The average Bonchev–Trinajstić information content (AvgIpc) is 2.88. The van der Waals surface area contributed by atoms with Crippen molar-refractivity contribution < 1.29 is 9.21 Å². The molecule has 88 valence electrons. The summed E-state index contributed by atoms with van der Waals surface area (Å²) in [6, 6.07) is 3.84. The molecule has 0 radical (unpaired) electrons. The number of rotatable bonds is 3. The van der Waals surface area contributed by atoms with E-state index < -0.39 is 0 Å². The maximum atomic E-state index is 11.9. The van der Waals surface area contributed by atoms with Gasteiger partial charge in [0, 0.05) is 19.6 Å². The van der Waals surface area contributed by atoms with E-state index in [1.807, 2.05) is 0 Å². The Morgan fingerprint density at radius 1 is 1.69 bits per heavy atom. The van der Waals surface area contributed by atoms with Gasteiger partial charge in [-0.3, -0.25) is 4.79 Å². The van der Waals surface area contributed by atoms with Gasteiger partial charge in [-0.05, 0) is 47.4 Å². The Bertz CT molecular complexity index is 372. The van der Waals surface area contributed by atoms with E-state index in [9.17, 15) is 4.79 Å². The molecule has 0 aliphatic carbocycles. The second-order valence-corrected chi connectivity index (χ2v) is 4.86. The lowest BCUT2D eigenvalue weighted by atomic mass is 10.2. The molecule has 1 aliphatic heterocycles. The summed E-state index contributed by atoms with van der Waals surface area (Å²) in [7, 11) is 1.80. The van der Waals surface area contributed by atoms with Crippen LogP contribution in [0.25, 0.3) is 0 Å². The van der Waals surface area contributed by atoms with Gasteiger partial charge < -0.3 is 14.6 Å². The topological polar surface area (TPSA) is 45.5 Å². The number of likely N-dealkylation sites (N-methyl/N-ethyl adjacent to an activating group) is 1. The number of hydrogen-bond acceptors (Lipinski definition) is 3. The Morgan fingerprint density at radius 2 is 2.50 bits per heavy atom. The highest BCUT2D eigenvalue weighted by molar-refractivity contribution is 9.10. The lowest BCUT2D eigenvalue weighted by Crippen LogP contribution is -2.38. The average molecular weight is 287 g/mol. The summed E-state index contributed by atoms with van der Waals surface area (Å²) >= 11 is 3.19. The lowest BCUT2D eigenvalue weighted by molar-refractivity contribution is 0.0751. The molecule has 1 fully saturated rings. The third kappa shape index (κ3) is 2.65. The number of hydrogen-bond donors (Lipinski definition) is 1. The normalized spacial score (nSPS) is 20.0. The van der Waals surface area contributed by atoms with Crippen LogP contribution in [0.5, 0.6) is 0 Å². The Labute approximate surface area is 103 Å². The van der Waals surface area contributed by atoms with Crippen LogP contribution in [0.1, 0.15) is 23.4 Å². The molecule has 2 rings (SSSR count). The van der Waals surface area contributed by atoms with Gasteiger partial charge in [0.1, 0.15) is 0 Å². The number of halogens is 1. The second-order valence-electron chi connectivity index (χ2n) is 4.08. The summed E-state index contributed by atoms with van der Waals surface area (Å²) in [6.45, 7) is 1.79. The molecule has 0 saturated carbocycles. The van der Waals surface area contributed by atoms with Crippen LogP contribution in [-0.2, 0) is 0 Å². The first kappa shape index (κ1) is 11.7. The molecule has 1 amide bonds. The van der Waals surface area contributed by atoms with Gasteiger partial charge in [0.05, 0.1) is 0 Å². The highest BCUT2D eigenvalue weighted by atomic mass is 79.9. The van der Waals surface area contributed by atoms with E-state index >= 15 is 0 Å². The van der Waals surface area contributed by atoms with Crippen molar-refractivity contribution in [3.05, 3.63) is 22.6 Å². The highest BCUT2D eigenvalue weighted by Crippen LogP contribution is 2.16. The number of carbonyl (C=O) groups excluding carboxylic acids is 1. The van der Waals surface area contributed by atoms with Crippen LogP contribution in [0.15, 0.2) is 21.2 Å². The smallest absolute Gasteiger partial charge is 0.289 e. The van der Waals surface area contributed by atoms with Crippen LogP contribution in [0.4, 0.5) is 0 Å². The van der Waals surface area contributed by atoms with Crippen LogP contribution in [0.3, 0.4) is 0 Å². The molecular weight excluding hydrogens is 272 g/mol. The third-order valence-electron chi connectivity index (χ3n) is 2.79. The Hall–Kier alpha value is -0.810. The van der Waals surface area contributed by atoms with Crippen molar-refractivity contribution in [1.29, 1.82) is 0 Å². The lowest BCUT2D eigenvalue weighted by Gasteiger charge is -2.20. The minimum atomic E-state index is -0.0700. The molecule has 4 nitrogen and oxygen atoms in total. The Balaban J connectivity index is 1.93. The summed E-state index contributed by atoms with van der Waals surface area (Å²) < 4.78 is 5.82. The monoisotopic (exact) mass is 286 g/mol. The van der Waals surface area contributed by atoms with Crippen LogP contribution in [0, 0.1) is 0 Å². The van der Waals surface area contributed by atoms with E-state index in [1.54, 1.807) is 24.1 Å². The van der Waals surface area contributed by atoms with E-state index in [1.165, 1.54) is 6.42 Å². The van der Waals surface area contributed by atoms with Gasteiger partial charge in [-0.15, -0.1) is 0 Å². The zero-order valence-corrected chi connectivity index (χ0v) is 10.8. The fourth-order valence-electron chi connectivity index (χ4n) is 1.94. The SMILES string of the molecule is CN(CC1CCCN1)C(=O)c1ccc(Br)o1. The minimum Gasteiger partial charge on any atom is -0.444 e. The third-order valence-corrected chi connectivity index (χ3v) is 3.21. The van der Waals surface area contributed by atoms with Gasteiger partial charge in [0.2, 0.25) is 0 Å². The first-order valence-corrected chi connectivity index (χ1v) is 6.20. The predicted octanol–water partition coefficient (Wildman–Crippen LogP) is 1.87. The molecule has 1 unspecified atom stereocenters. The van der Waals surface area contributed by atoms with Crippen molar-refractivity contribution in [2.75, 3.05) is 20.1 Å². The minimum absolute atomic E-state index is 0.0700. The van der Waals surface area contributed by atoms with Gasteiger partial charge in [-0.25, -0.2) is 0 Å². The van der Waals surface area contributed by atoms with E-state index in [0.717, 1.165) is 19.5 Å². The number of nitrogens with one attached hydrogen (secondary N) is 1. The molecule has 0 bridgehead atoms. The Morgan fingerprint density at radius 3 is 3.06 bits per heavy atom. The zero-order valence-electron chi connectivity index (χ0n) is 9.20. The van der Waals surface area contributed by atoms with Gasteiger partial charge >= 0.3 is 0 Å². The van der Waals surface area contributed by atoms with Crippen molar-refractivity contribution in [1.82, 2.24) is 10.2 Å². The summed E-state index contributed by atoms with van der Waals surface area (Å²) in [5, 5.41) is 3.37. The molecular formula is C11H15BrN2O2. The molecule has 1 aliphatic rings. The van der Waals surface area contributed by atoms with Crippen molar-refractivity contribution in [3.8, 4) is 0 Å². The quantitative estimate of drug-likeness (QED) is 0.923. The van der Waals surface area contributed by atoms with Crippen LogP contribution in [-0.4, -0.2) is 37.0 Å². The maximum Gasteiger partial charge on any atom is 0.289 e. The van der Waals surface area contributed by atoms with E-state index in [-0.39, 0.29) is 5.91 Å². The van der Waals surface area contributed by atoms with Gasteiger partial charge in [-0.1, -0.05) is 0 Å². The van der Waals surface area contributed by atoms with Crippen molar-refractivity contribution in [2.24, 2.45) is 0 Å². The molecule has 1 aromatic rings. The maximum absolute atomic E-state index is 11.9. The predicted molar refractivity (Wildman–Crippen MR) is 64.4 cm³/mol. The van der Waals surface area contributed by atoms with Crippen LogP contribution in [0.2, 0.25) is 0 Å². The van der Waals surface area contributed by atoms with Crippen molar-refractivity contribution in [2.45, 2.75) is 18.9 Å². The van der Waals surface area contributed by atoms with Gasteiger partial charge in [0.15, 0.2) is 10.4 Å². The molecule has 0 spiro atoms. The van der Waals surface area contributed by atoms with Gasteiger partial charge in [-0.2, -0.15) is 0 Å². The van der Waals surface area contributed by atoms with E-state index in [4.69, 9.17) is 4.42 Å². The first-order chi connectivity index (χ1) is 7.66. The molecule has 0 aromatic carbocycles.